The number of hydrogen-bond acceptors (Lipinski definition) is 3. The van der Waals surface area contributed by atoms with Crippen molar-refractivity contribution in [1.82, 2.24) is 20.1 Å². The molecular formula is C9H15F3N4. The summed E-state index contributed by atoms with van der Waals surface area (Å²) in [5.41, 5.74) is 0. The summed E-state index contributed by atoms with van der Waals surface area (Å²) < 4.78 is 37.1. The van der Waals surface area contributed by atoms with Crippen molar-refractivity contribution in [2.24, 2.45) is 7.05 Å². The van der Waals surface area contributed by atoms with Crippen molar-refractivity contribution in [3.05, 3.63) is 11.6 Å². The lowest BCUT2D eigenvalue weighted by molar-refractivity contribution is -0.125. The van der Waals surface area contributed by atoms with E-state index in [0.717, 1.165) is 12.8 Å². The van der Waals surface area contributed by atoms with Crippen molar-refractivity contribution in [1.29, 1.82) is 0 Å². The van der Waals surface area contributed by atoms with Crippen LogP contribution in [0.2, 0.25) is 0 Å². The molecule has 0 radical (unpaired) electrons. The summed E-state index contributed by atoms with van der Waals surface area (Å²) in [6, 6.07) is 0. The van der Waals surface area contributed by atoms with E-state index in [0.29, 0.717) is 11.6 Å². The largest absolute Gasteiger partial charge is 0.401 e. The first kappa shape index (κ1) is 13.0. The van der Waals surface area contributed by atoms with Crippen molar-refractivity contribution in [2.45, 2.75) is 32.5 Å². The molecule has 0 bridgehead atoms. The number of aryl methyl sites for hydroxylation is 2. The molecule has 0 atom stereocenters. The van der Waals surface area contributed by atoms with E-state index in [1.807, 2.05) is 6.92 Å². The van der Waals surface area contributed by atoms with Crippen LogP contribution in [0.1, 0.15) is 25.0 Å². The number of rotatable bonds is 5. The summed E-state index contributed by atoms with van der Waals surface area (Å²) >= 11 is 0. The van der Waals surface area contributed by atoms with E-state index in [1.54, 1.807) is 7.05 Å². The maximum Gasteiger partial charge on any atom is 0.401 e. The molecule has 0 saturated heterocycles. The van der Waals surface area contributed by atoms with Gasteiger partial charge in [-0.1, -0.05) is 6.92 Å². The van der Waals surface area contributed by atoms with Crippen LogP contribution in [0.5, 0.6) is 0 Å². The Balaban J connectivity index is 2.47. The topological polar surface area (TPSA) is 42.7 Å². The van der Waals surface area contributed by atoms with Crippen molar-refractivity contribution in [3.63, 3.8) is 0 Å². The van der Waals surface area contributed by atoms with Gasteiger partial charge in [0.15, 0.2) is 5.82 Å². The maximum atomic E-state index is 11.9. The standard InChI is InChI=1S/C9H15F3N4/c1-3-4-7-14-8(16(2)15-7)5-13-6-9(10,11)12/h13H,3-6H2,1-2H3. The molecule has 1 aromatic rings. The van der Waals surface area contributed by atoms with Crippen LogP contribution >= 0.6 is 0 Å². The first-order valence-electron chi connectivity index (χ1n) is 5.08. The molecule has 1 rings (SSSR count). The zero-order valence-corrected chi connectivity index (χ0v) is 9.30. The highest BCUT2D eigenvalue weighted by Crippen LogP contribution is 2.12. The average Bonchev–Trinajstić information content (AvgIpc) is 2.45. The van der Waals surface area contributed by atoms with Crippen molar-refractivity contribution in [2.75, 3.05) is 6.54 Å². The lowest BCUT2D eigenvalue weighted by Gasteiger charge is -2.06. The van der Waals surface area contributed by atoms with Gasteiger partial charge in [0.2, 0.25) is 0 Å². The Kier molecular flexibility index (Phi) is 4.28. The van der Waals surface area contributed by atoms with Crippen molar-refractivity contribution >= 4 is 0 Å². The van der Waals surface area contributed by atoms with E-state index in [-0.39, 0.29) is 6.54 Å². The fraction of sp³-hybridized carbons (Fsp3) is 0.778. The highest BCUT2D eigenvalue weighted by molar-refractivity contribution is 4.92. The molecule has 92 valence electrons. The minimum absolute atomic E-state index is 0.0761. The van der Waals surface area contributed by atoms with Crippen LogP contribution in [0.15, 0.2) is 0 Å². The second-order valence-electron chi connectivity index (χ2n) is 3.54. The van der Waals surface area contributed by atoms with Crippen LogP contribution in [0.25, 0.3) is 0 Å². The fourth-order valence-corrected chi connectivity index (χ4v) is 1.27. The normalized spacial score (nSPS) is 12.1. The average molecular weight is 236 g/mol. The molecule has 0 aliphatic heterocycles. The number of hydrogen-bond donors (Lipinski definition) is 1. The van der Waals surface area contributed by atoms with Gasteiger partial charge in [0.1, 0.15) is 5.82 Å². The molecule has 0 aliphatic carbocycles. The monoisotopic (exact) mass is 236 g/mol. The fourth-order valence-electron chi connectivity index (χ4n) is 1.27. The molecule has 1 heterocycles. The van der Waals surface area contributed by atoms with Gasteiger partial charge in [-0.05, 0) is 6.42 Å². The van der Waals surface area contributed by atoms with Crippen LogP contribution in [0.3, 0.4) is 0 Å². The Morgan fingerprint density at radius 3 is 2.62 bits per heavy atom. The Hall–Kier alpha value is -1.11. The van der Waals surface area contributed by atoms with Gasteiger partial charge in [-0.15, -0.1) is 0 Å². The summed E-state index contributed by atoms with van der Waals surface area (Å²) in [4.78, 5) is 4.14. The van der Waals surface area contributed by atoms with E-state index >= 15 is 0 Å². The van der Waals surface area contributed by atoms with Gasteiger partial charge in [-0.2, -0.15) is 18.3 Å². The minimum atomic E-state index is -4.19. The Morgan fingerprint density at radius 1 is 1.38 bits per heavy atom. The Morgan fingerprint density at radius 2 is 2.06 bits per heavy atom. The molecule has 0 amide bonds. The van der Waals surface area contributed by atoms with Crippen LogP contribution in [-0.4, -0.2) is 27.5 Å². The second kappa shape index (κ2) is 5.29. The number of alkyl halides is 3. The molecule has 0 spiro atoms. The summed E-state index contributed by atoms with van der Waals surface area (Å²) in [7, 11) is 1.68. The van der Waals surface area contributed by atoms with Gasteiger partial charge >= 0.3 is 6.18 Å². The molecule has 0 aromatic carbocycles. The van der Waals surface area contributed by atoms with Crippen molar-refractivity contribution in [3.8, 4) is 0 Å². The molecule has 4 nitrogen and oxygen atoms in total. The Bertz CT molecular complexity index is 332. The highest BCUT2D eigenvalue weighted by atomic mass is 19.4. The minimum Gasteiger partial charge on any atom is -0.302 e. The number of halogens is 3. The predicted molar refractivity (Wildman–Crippen MR) is 52.8 cm³/mol. The molecule has 16 heavy (non-hydrogen) atoms. The van der Waals surface area contributed by atoms with Gasteiger partial charge in [0.25, 0.3) is 0 Å². The van der Waals surface area contributed by atoms with Gasteiger partial charge in [0, 0.05) is 13.5 Å². The molecule has 0 saturated carbocycles. The Labute approximate surface area is 91.9 Å². The van der Waals surface area contributed by atoms with Crippen molar-refractivity contribution < 1.29 is 13.2 Å². The smallest absolute Gasteiger partial charge is 0.302 e. The second-order valence-corrected chi connectivity index (χ2v) is 3.54. The van der Waals surface area contributed by atoms with Crippen LogP contribution < -0.4 is 5.32 Å². The molecule has 7 heteroatoms. The zero-order chi connectivity index (χ0) is 12.2. The summed E-state index contributed by atoms with van der Waals surface area (Å²) in [6.45, 7) is 1.06. The van der Waals surface area contributed by atoms with Gasteiger partial charge in [-0.25, -0.2) is 4.98 Å². The van der Waals surface area contributed by atoms with Gasteiger partial charge < -0.3 is 5.32 Å². The molecule has 0 aliphatic rings. The highest BCUT2D eigenvalue weighted by Gasteiger charge is 2.26. The van der Waals surface area contributed by atoms with Crippen LogP contribution in [0.4, 0.5) is 13.2 Å². The number of aromatic nitrogens is 3. The molecule has 1 N–H and O–H groups in total. The third-order valence-corrected chi connectivity index (χ3v) is 1.98. The summed E-state index contributed by atoms with van der Waals surface area (Å²) in [5.74, 6) is 1.20. The lowest BCUT2D eigenvalue weighted by Crippen LogP contribution is -2.29. The van der Waals surface area contributed by atoms with E-state index in [4.69, 9.17) is 0 Å². The zero-order valence-electron chi connectivity index (χ0n) is 9.30. The van der Waals surface area contributed by atoms with E-state index < -0.39 is 12.7 Å². The van der Waals surface area contributed by atoms with Crippen LogP contribution in [0, 0.1) is 0 Å². The maximum absolute atomic E-state index is 11.9. The summed E-state index contributed by atoms with van der Waals surface area (Å²) in [6.07, 6.45) is -2.53. The first-order chi connectivity index (χ1) is 7.42. The predicted octanol–water partition coefficient (Wildman–Crippen LogP) is 1.42. The van der Waals surface area contributed by atoms with Gasteiger partial charge in [-0.3, -0.25) is 4.68 Å². The first-order valence-corrected chi connectivity index (χ1v) is 5.08. The number of nitrogens with one attached hydrogen (secondary N) is 1. The van der Waals surface area contributed by atoms with E-state index in [1.165, 1.54) is 4.68 Å². The molecule has 0 fully saturated rings. The van der Waals surface area contributed by atoms with Gasteiger partial charge in [0.05, 0.1) is 13.1 Å². The van der Waals surface area contributed by atoms with E-state index in [9.17, 15) is 13.2 Å². The number of nitrogens with zero attached hydrogens (tertiary/aromatic N) is 3. The molecule has 1 aromatic heterocycles. The van der Waals surface area contributed by atoms with E-state index in [2.05, 4.69) is 15.4 Å². The van der Waals surface area contributed by atoms with Crippen LogP contribution in [-0.2, 0) is 20.0 Å². The molecule has 0 unspecified atom stereocenters. The molecular weight excluding hydrogens is 221 g/mol. The summed E-state index contributed by atoms with van der Waals surface area (Å²) in [5, 5.41) is 6.39. The SMILES string of the molecule is CCCc1nc(CNCC(F)(F)F)n(C)n1. The quantitative estimate of drug-likeness (QED) is 0.840. The third-order valence-electron chi connectivity index (χ3n) is 1.98. The lowest BCUT2D eigenvalue weighted by atomic mass is 10.3. The third kappa shape index (κ3) is 4.18.